The highest BCUT2D eigenvalue weighted by atomic mass is 79.9. The third kappa shape index (κ3) is 4.66. The molecule has 0 atom stereocenters. The van der Waals surface area contributed by atoms with Gasteiger partial charge in [-0.1, -0.05) is 30.3 Å². The molecule has 2 rings (SSSR count). The van der Waals surface area contributed by atoms with Crippen LogP contribution in [0.3, 0.4) is 0 Å². The molecule has 0 aliphatic heterocycles. The lowest BCUT2D eigenvalue weighted by Gasteiger charge is -2.17. The second-order valence-electron chi connectivity index (χ2n) is 5.21. The molecule has 7 heteroatoms. The van der Waals surface area contributed by atoms with Crippen LogP contribution in [0.25, 0.3) is 0 Å². The summed E-state index contributed by atoms with van der Waals surface area (Å²) in [6, 6.07) is 9.84. The molecule has 0 aliphatic carbocycles. The Balaban J connectivity index is 1.85. The van der Waals surface area contributed by atoms with Gasteiger partial charge in [0.1, 0.15) is 4.47 Å². The molecule has 0 saturated heterocycles. The summed E-state index contributed by atoms with van der Waals surface area (Å²) in [5, 5.41) is 7.00. The van der Waals surface area contributed by atoms with Crippen LogP contribution in [0.4, 0.5) is 5.69 Å². The fourth-order valence-corrected chi connectivity index (χ4v) is 2.57. The van der Waals surface area contributed by atoms with Gasteiger partial charge in [-0.25, -0.2) is 4.68 Å². The van der Waals surface area contributed by atoms with Gasteiger partial charge in [0, 0.05) is 33.6 Å². The SMILES string of the molecule is CN(Cc1ccccc1)C(=O)CCNc1cnn(C)c(=O)c1Br. The van der Waals surface area contributed by atoms with Gasteiger partial charge in [-0.15, -0.1) is 0 Å². The highest BCUT2D eigenvalue weighted by Gasteiger charge is 2.10. The fraction of sp³-hybridized carbons (Fsp3) is 0.312. The van der Waals surface area contributed by atoms with Gasteiger partial charge in [0.2, 0.25) is 5.91 Å². The van der Waals surface area contributed by atoms with Gasteiger partial charge in [-0.05, 0) is 21.5 Å². The highest BCUT2D eigenvalue weighted by molar-refractivity contribution is 9.10. The Bertz CT molecular complexity index is 731. The summed E-state index contributed by atoms with van der Waals surface area (Å²) in [7, 11) is 3.37. The minimum absolute atomic E-state index is 0.0364. The Hall–Kier alpha value is -2.15. The maximum Gasteiger partial charge on any atom is 0.282 e. The number of aromatic nitrogens is 2. The summed E-state index contributed by atoms with van der Waals surface area (Å²) >= 11 is 3.24. The van der Waals surface area contributed by atoms with Crippen molar-refractivity contribution < 1.29 is 4.79 Å². The molecule has 23 heavy (non-hydrogen) atoms. The van der Waals surface area contributed by atoms with Crippen LogP contribution in [0.5, 0.6) is 0 Å². The van der Waals surface area contributed by atoms with Crippen LogP contribution in [-0.2, 0) is 18.4 Å². The van der Waals surface area contributed by atoms with Crippen molar-refractivity contribution in [3.8, 4) is 0 Å². The quantitative estimate of drug-likeness (QED) is 0.834. The van der Waals surface area contributed by atoms with E-state index >= 15 is 0 Å². The molecule has 1 amide bonds. The molecule has 1 aromatic heterocycles. The number of carbonyl (C=O) groups is 1. The van der Waals surface area contributed by atoms with Crippen molar-refractivity contribution in [3.63, 3.8) is 0 Å². The van der Waals surface area contributed by atoms with Gasteiger partial charge in [-0.3, -0.25) is 9.59 Å². The lowest BCUT2D eigenvalue weighted by Crippen LogP contribution is -2.28. The second-order valence-corrected chi connectivity index (χ2v) is 6.01. The van der Waals surface area contributed by atoms with Crippen molar-refractivity contribution in [2.75, 3.05) is 18.9 Å². The molecule has 0 bridgehead atoms. The van der Waals surface area contributed by atoms with Crippen LogP contribution >= 0.6 is 15.9 Å². The first-order valence-electron chi connectivity index (χ1n) is 7.22. The lowest BCUT2D eigenvalue weighted by molar-refractivity contribution is -0.130. The van der Waals surface area contributed by atoms with E-state index < -0.39 is 0 Å². The van der Waals surface area contributed by atoms with Crippen molar-refractivity contribution in [1.29, 1.82) is 0 Å². The summed E-state index contributed by atoms with van der Waals surface area (Å²) in [5.41, 5.74) is 1.46. The molecular formula is C16H19BrN4O2. The van der Waals surface area contributed by atoms with Crippen LogP contribution in [0, 0.1) is 0 Å². The number of rotatable bonds is 6. The number of hydrogen-bond acceptors (Lipinski definition) is 4. The topological polar surface area (TPSA) is 67.2 Å². The van der Waals surface area contributed by atoms with Gasteiger partial charge >= 0.3 is 0 Å². The standard InChI is InChI=1S/C16H19BrN4O2/c1-20(11-12-6-4-3-5-7-12)14(22)8-9-18-13-10-19-21(2)16(23)15(13)17/h3-7,10,18H,8-9,11H2,1-2H3. The normalized spacial score (nSPS) is 10.4. The highest BCUT2D eigenvalue weighted by Crippen LogP contribution is 2.15. The van der Waals surface area contributed by atoms with Crippen LogP contribution in [0.2, 0.25) is 0 Å². The summed E-state index contributed by atoms with van der Waals surface area (Å²) < 4.78 is 1.66. The van der Waals surface area contributed by atoms with Crippen LogP contribution < -0.4 is 10.9 Å². The third-order valence-electron chi connectivity index (χ3n) is 3.42. The molecule has 1 aromatic carbocycles. The van der Waals surface area contributed by atoms with E-state index in [1.165, 1.54) is 4.68 Å². The van der Waals surface area contributed by atoms with Gasteiger partial charge < -0.3 is 10.2 Å². The van der Waals surface area contributed by atoms with Crippen molar-refractivity contribution >= 4 is 27.5 Å². The molecule has 0 aliphatic rings. The Morgan fingerprint density at radius 3 is 2.74 bits per heavy atom. The number of hydrogen-bond donors (Lipinski definition) is 1. The van der Waals surface area contributed by atoms with Gasteiger partial charge in [0.15, 0.2) is 0 Å². The zero-order valence-corrected chi connectivity index (χ0v) is 14.7. The Morgan fingerprint density at radius 1 is 1.35 bits per heavy atom. The Labute approximate surface area is 143 Å². The lowest BCUT2D eigenvalue weighted by atomic mass is 10.2. The molecule has 2 aromatic rings. The number of anilines is 1. The van der Waals surface area contributed by atoms with E-state index in [0.717, 1.165) is 5.56 Å². The molecule has 1 N–H and O–H groups in total. The smallest absolute Gasteiger partial charge is 0.282 e. The van der Waals surface area contributed by atoms with E-state index in [2.05, 4.69) is 26.3 Å². The van der Waals surface area contributed by atoms with E-state index in [9.17, 15) is 9.59 Å². The number of nitrogens with zero attached hydrogens (tertiary/aromatic N) is 3. The van der Waals surface area contributed by atoms with Gasteiger partial charge in [0.05, 0.1) is 11.9 Å². The first kappa shape index (κ1) is 17.2. The average Bonchev–Trinajstić information content (AvgIpc) is 2.55. The van der Waals surface area contributed by atoms with Crippen molar-refractivity contribution in [2.24, 2.45) is 7.05 Å². The van der Waals surface area contributed by atoms with E-state index in [-0.39, 0.29) is 11.5 Å². The number of amides is 1. The minimum atomic E-state index is -0.220. The van der Waals surface area contributed by atoms with E-state index in [4.69, 9.17) is 0 Å². The average molecular weight is 379 g/mol. The fourth-order valence-electron chi connectivity index (χ4n) is 2.07. The molecule has 0 radical (unpaired) electrons. The molecule has 1 heterocycles. The Morgan fingerprint density at radius 2 is 2.04 bits per heavy atom. The Kier molecular flexibility index (Phi) is 5.92. The number of benzene rings is 1. The maximum absolute atomic E-state index is 12.1. The molecule has 0 unspecified atom stereocenters. The second kappa shape index (κ2) is 7.92. The largest absolute Gasteiger partial charge is 0.382 e. The maximum atomic E-state index is 12.1. The molecular weight excluding hydrogens is 360 g/mol. The minimum Gasteiger partial charge on any atom is -0.382 e. The monoisotopic (exact) mass is 378 g/mol. The molecule has 0 fully saturated rings. The van der Waals surface area contributed by atoms with Crippen LogP contribution in [-0.4, -0.2) is 34.2 Å². The van der Waals surface area contributed by atoms with E-state index in [0.29, 0.717) is 29.7 Å². The van der Waals surface area contributed by atoms with Crippen molar-refractivity contribution in [3.05, 3.63) is 56.9 Å². The summed E-state index contributed by atoms with van der Waals surface area (Å²) in [6.07, 6.45) is 1.90. The zero-order valence-electron chi connectivity index (χ0n) is 13.1. The van der Waals surface area contributed by atoms with Crippen molar-refractivity contribution in [1.82, 2.24) is 14.7 Å². The zero-order chi connectivity index (χ0) is 16.8. The van der Waals surface area contributed by atoms with E-state index in [1.807, 2.05) is 30.3 Å². The predicted octanol–water partition coefficient (Wildman–Crippen LogP) is 2.00. The summed E-state index contributed by atoms with van der Waals surface area (Å²) in [4.78, 5) is 25.6. The summed E-state index contributed by atoms with van der Waals surface area (Å²) in [6.45, 7) is 1.02. The van der Waals surface area contributed by atoms with Gasteiger partial charge in [0.25, 0.3) is 5.56 Å². The number of nitrogens with one attached hydrogen (secondary N) is 1. The number of carbonyl (C=O) groups excluding carboxylic acids is 1. The number of halogens is 1. The first-order valence-corrected chi connectivity index (χ1v) is 8.02. The van der Waals surface area contributed by atoms with Gasteiger partial charge in [-0.2, -0.15) is 5.10 Å². The molecule has 0 saturated carbocycles. The van der Waals surface area contributed by atoms with Crippen LogP contribution in [0.15, 0.2) is 45.8 Å². The molecule has 6 nitrogen and oxygen atoms in total. The number of aryl methyl sites for hydroxylation is 1. The van der Waals surface area contributed by atoms with Crippen molar-refractivity contribution in [2.45, 2.75) is 13.0 Å². The molecule has 0 spiro atoms. The first-order chi connectivity index (χ1) is 11.0. The van der Waals surface area contributed by atoms with E-state index in [1.54, 1.807) is 25.2 Å². The predicted molar refractivity (Wildman–Crippen MR) is 93.2 cm³/mol. The third-order valence-corrected chi connectivity index (χ3v) is 4.19. The summed E-state index contributed by atoms with van der Waals surface area (Å²) in [5.74, 6) is 0.0364. The van der Waals surface area contributed by atoms with Crippen LogP contribution in [0.1, 0.15) is 12.0 Å². The molecule has 122 valence electrons.